The minimum Gasteiger partial charge on any atom is -0.349 e. The van der Waals surface area contributed by atoms with Gasteiger partial charge in [0.15, 0.2) is 0 Å². The van der Waals surface area contributed by atoms with Crippen LogP contribution in [-0.2, 0) is 9.59 Å². The Hall–Kier alpha value is -1.83. The summed E-state index contributed by atoms with van der Waals surface area (Å²) in [5.41, 5.74) is -0.579. The van der Waals surface area contributed by atoms with Crippen molar-refractivity contribution < 1.29 is 9.59 Å². The first kappa shape index (κ1) is 21.0. The van der Waals surface area contributed by atoms with Crippen molar-refractivity contribution in [2.24, 2.45) is 34.5 Å². The lowest BCUT2D eigenvalue weighted by Gasteiger charge is -2.58. The monoisotopic (exact) mass is 423 g/mol. The van der Waals surface area contributed by atoms with Crippen LogP contribution in [0.15, 0.2) is 12.2 Å². The molecule has 0 saturated heterocycles. The van der Waals surface area contributed by atoms with Gasteiger partial charge >= 0.3 is 0 Å². The van der Waals surface area contributed by atoms with Gasteiger partial charge in [-0.3, -0.25) is 9.59 Å². The predicted molar refractivity (Wildman–Crippen MR) is 119 cm³/mol. The highest BCUT2D eigenvalue weighted by atomic mass is 16.2. The number of rotatable bonds is 2. The predicted octanol–water partition coefficient (Wildman–Crippen LogP) is 4.24. The molecule has 168 valence electrons. The van der Waals surface area contributed by atoms with Crippen LogP contribution in [0.1, 0.15) is 84.5 Å². The number of nitriles is 1. The van der Waals surface area contributed by atoms with Gasteiger partial charge in [0.05, 0.1) is 6.07 Å². The second-order valence-electron chi connectivity index (χ2n) is 11.6. The van der Waals surface area contributed by atoms with Gasteiger partial charge in [0.2, 0.25) is 11.8 Å². The Labute approximate surface area is 186 Å². The van der Waals surface area contributed by atoms with Crippen molar-refractivity contribution in [3.8, 4) is 6.07 Å². The lowest BCUT2D eigenvalue weighted by molar-refractivity contribution is -0.135. The number of nitrogens with zero attached hydrogens (tertiary/aromatic N) is 1. The topological polar surface area (TPSA) is 82.0 Å². The normalized spacial score (nSPS) is 45.5. The van der Waals surface area contributed by atoms with Gasteiger partial charge in [0.1, 0.15) is 5.54 Å². The lowest BCUT2D eigenvalue weighted by atomic mass is 9.48. The van der Waals surface area contributed by atoms with E-state index >= 15 is 0 Å². The number of hydrogen-bond acceptors (Lipinski definition) is 3. The Morgan fingerprint density at radius 1 is 1.06 bits per heavy atom. The maximum atomic E-state index is 13.5. The molecule has 7 atom stereocenters. The summed E-state index contributed by atoms with van der Waals surface area (Å²) in [4.78, 5) is 25.4. The zero-order valence-corrected chi connectivity index (χ0v) is 19.1. The summed E-state index contributed by atoms with van der Waals surface area (Å²) in [6.45, 7) is 4.70. The maximum absolute atomic E-state index is 13.5. The van der Waals surface area contributed by atoms with Crippen LogP contribution in [0.3, 0.4) is 0 Å². The number of carbonyl (C=O) groups is 2. The SMILES string of the molecule is C[C@]12C=CC(=O)NC1CC[C@@H]1[C@H]2CC[C@]2(C)C(C(=O)NC3(C#N)CCCCC3)CC[C@@H]12. The molecule has 2 amide bonds. The lowest BCUT2D eigenvalue weighted by Crippen LogP contribution is -2.60. The van der Waals surface area contributed by atoms with Gasteiger partial charge in [-0.05, 0) is 80.6 Å². The van der Waals surface area contributed by atoms with Gasteiger partial charge in [-0.15, -0.1) is 0 Å². The largest absolute Gasteiger partial charge is 0.349 e. The molecule has 5 rings (SSSR count). The summed E-state index contributed by atoms with van der Waals surface area (Å²) in [6, 6.07) is 2.72. The van der Waals surface area contributed by atoms with Crippen molar-refractivity contribution in [3.63, 3.8) is 0 Å². The van der Waals surface area contributed by atoms with E-state index < -0.39 is 5.54 Å². The summed E-state index contributed by atoms with van der Waals surface area (Å²) < 4.78 is 0. The molecule has 2 unspecified atom stereocenters. The molecule has 0 aromatic heterocycles. The Balaban J connectivity index is 1.35. The Morgan fingerprint density at radius 3 is 2.58 bits per heavy atom. The Kier molecular flexibility index (Phi) is 4.99. The molecule has 0 radical (unpaired) electrons. The van der Waals surface area contributed by atoms with E-state index in [2.05, 4.69) is 36.6 Å². The summed E-state index contributed by atoms with van der Waals surface area (Å²) in [6.07, 6.45) is 15.2. The van der Waals surface area contributed by atoms with Gasteiger partial charge < -0.3 is 10.6 Å². The highest BCUT2D eigenvalue weighted by molar-refractivity contribution is 5.89. The smallest absolute Gasteiger partial charge is 0.243 e. The van der Waals surface area contributed by atoms with E-state index in [1.54, 1.807) is 6.08 Å². The zero-order valence-electron chi connectivity index (χ0n) is 19.1. The first-order valence-corrected chi connectivity index (χ1v) is 12.5. The minimum absolute atomic E-state index is 0.0257. The van der Waals surface area contributed by atoms with E-state index in [9.17, 15) is 14.9 Å². The molecule has 1 aliphatic heterocycles. The highest BCUT2D eigenvalue weighted by Gasteiger charge is 2.61. The second kappa shape index (κ2) is 7.36. The van der Waals surface area contributed by atoms with Crippen LogP contribution in [0.4, 0.5) is 0 Å². The number of hydrogen-bond donors (Lipinski definition) is 2. The minimum atomic E-state index is -0.641. The third kappa shape index (κ3) is 3.16. The molecule has 1 heterocycles. The summed E-state index contributed by atoms with van der Waals surface area (Å²) >= 11 is 0. The van der Waals surface area contributed by atoms with Crippen molar-refractivity contribution in [2.75, 3.05) is 0 Å². The third-order valence-electron chi connectivity index (χ3n) is 10.3. The molecule has 5 aliphatic rings. The molecule has 0 aromatic rings. The van der Waals surface area contributed by atoms with Gasteiger partial charge in [0, 0.05) is 17.4 Å². The summed E-state index contributed by atoms with van der Waals surface area (Å²) in [5.74, 6) is 1.97. The third-order valence-corrected chi connectivity index (χ3v) is 10.3. The summed E-state index contributed by atoms with van der Waals surface area (Å²) in [7, 11) is 0. The molecule has 5 heteroatoms. The molecule has 4 saturated carbocycles. The molecule has 31 heavy (non-hydrogen) atoms. The van der Waals surface area contributed by atoms with E-state index in [1.807, 2.05) is 0 Å². The maximum Gasteiger partial charge on any atom is 0.243 e. The zero-order chi connectivity index (χ0) is 21.9. The van der Waals surface area contributed by atoms with Gasteiger partial charge in [-0.2, -0.15) is 5.26 Å². The fraction of sp³-hybridized carbons (Fsp3) is 0.808. The quantitative estimate of drug-likeness (QED) is 0.697. The summed E-state index contributed by atoms with van der Waals surface area (Å²) in [5, 5.41) is 16.3. The van der Waals surface area contributed by atoms with E-state index in [0.29, 0.717) is 17.8 Å². The van der Waals surface area contributed by atoms with Crippen molar-refractivity contribution in [1.29, 1.82) is 5.26 Å². The van der Waals surface area contributed by atoms with Crippen molar-refractivity contribution >= 4 is 11.8 Å². The van der Waals surface area contributed by atoms with Gasteiger partial charge in [0.25, 0.3) is 0 Å². The number of carbonyl (C=O) groups excluding carboxylic acids is 2. The second-order valence-corrected chi connectivity index (χ2v) is 11.6. The number of fused-ring (bicyclic) bond motifs is 5. The van der Waals surface area contributed by atoms with E-state index in [0.717, 1.165) is 64.2 Å². The standard InChI is InChI=1S/C26H37N3O2/c1-24-14-10-19-17(6-9-21-25(19,2)15-11-22(30)28-21)18(24)7-8-20(24)23(31)29-26(16-27)12-4-3-5-13-26/h11,15,17-21H,3-10,12-14H2,1-2H3,(H,28,30)(H,29,31)/t17-,18-,19+,20?,21?,24-,25+/m0/s1. The number of nitrogens with one attached hydrogen (secondary N) is 2. The molecule has 0 spiro atoms. The fourth-order valence-electron chi connectivity index (χ4n) is 8.51. The molecular formula is C26H37N3O2. The van der Waals surface area contributed by atoms with Gasteiger partial charge in [-0.25, -0.2) is 0 Å². The molecule has 0 aromatic carbocycles. The van der Waals surface area contributed by atoms with Gasteiger partial charge in [-0.1, -0.05) is 39.2 Å². The molecule has 4 aliphatic carbocycles. The first-order chi connectivity index (χ1) is 14.8. The van der Waals surface area contributed by atoms with Crippen molar-refractivity contribution in [2.45, 2.75) is 96.1 Å². The molecular weight excluding hydrogens is 386 g/mol. The van der Waals surface area contributed by atoms with Crippen LogP contribution < -0.4 is 10.6 Å². The van der Waals surface area contributed by atoms with Crippen LogP contribution in [0.5, 0.6) is 0 Å². The first-order valence-electron chi connectivity index (χ1n) is 12.5. The Morgan fingerprint density at radius 2 is 1.84 bits per heavy atom. The Bertz CT molecular complexity index is 838. The van der Waals surface area contributed by atoms with Crippen LogP contribution >= 0.6 is 0 Å². The number of amides is 2. The van der Waals surface area contributed by atoms with E-state index in [1.165, 1.54) is 6.42 Å². The van der Waals surface area contributed by atoms with E-state index in [-0.39, 0.29) is 34.6 Å². The fourth-order valence-corrected chi connectivity index (χ4v) is 8.51. The van der Waals surface area contributed by atoms with Crippen LogP contribution in [0.2, 0.25) is 0 Å². The van der Waals surface area contributed by atoms with E-state index in [4.69, 9.17) is 0 Å². The van der Waals surface area contributed by atoms with Crippen molar-refractivity contribution in [1.82, 2.24) is 10.6 Å². The average molecular weight is 424 g/mol. The molecule has 4 fully saturated rings. The van der Waals surface area contributed by atoms with Crippen molar-refractivity contribution in [3.05, 3.63) is 12.2 Å². The molecule has 5 nitrogen and oxygen atoms in total. The van der Waals surface area contributed by atoms with Crippen LogP contribution in [0.25, 0.3) is 0 Å². The van der Waals surface area contributed by atoms with Crippen LogP contribution in [0, 0.1) is 45.8 Å². The average Bonchev–Trinajstić information content (AvgIpc) is 3.12. The molecule has 0 bridgehead atoms. The molecule has 2 N–H and O–H groups in total. The van der Waals surface area contributed by atoms with Crippen LogP contribution in [-0.4, -0.2) is 23.4 Å². The highest BCUT2D eigenvalue weighted by Crippen LogP contribution is 2.65.